The Hall–Kier alpha value is -0.570. The lowest BCUT2D eigenvalue weighted by Gasteiger charge is -2.35. The van der Waals surface area contributed by atoms with Crippen molar-refractivity contribution < 1.29 is 4.79 Å². The molecule has 0 aliphatic carbocycles. The molecule has 7 heteroatoms. The normalized spacial score (nSPS) is 16.9. The monoisotopic (exact) mass is 453 g/mol. The van der Waals surface area contributed by atoms with E-state index in [2.05, 4.69) is 46.6 Å². The van der Waals surface area contributed by atoms with E-state index in [4.69, 9.17) is 0 Å². The SMILES string of the molecule is CCNC(=NCCC(=O)NC(C)C)NC1CCN(C(C)C)CC1.I. The van der Waals surface area contributed by atoms with Crippen LogP contribution in [0, 0.1) is 0 Å². The Balaban J connectivity index is 0.00000529. The van der Waals surface area contributed by atoms with E-state index in [0.717, 1.165) is 38.4 Å². The van der Waals surface area contributed by atoms with Crippen LogP contribution in [0.4, 0.5) is 0 Å². The molecule has 1 amide bonds. The maximum atomic E-state index is 11.7. The van der Waals surface area contributed by atoms with Gasteiger partial charge in [-0.25, -0.2) is 0 Å². The fourth-order valence-electron chi connectivity index (χ4n) is 2.74. The number of carbonyl (C=O) groups excluding carboxylic acids is 1. The number of carbonyl (C=O) groups is 1. The van der Waals surface area contributed by atoms with Gasteiger partial charge in [0.15, 0.2) is 5.96 Å². The summed E-state index contributed by atoms with van der Waals surface area (Å²) in [6.45, 7) is 14.1. The second-order valence-electron chi connectivity index (χ2n) is 6.78. The summed E-state index contributed by atoms with van der Waals surface area (Å²) < 4.78 is 0. The summed E-state index contributed by atoms with van der Waals surface area (Å²) in [6, 6.07) is 1.27. The number of piperidine rings is 1. The Labute approximate surface area is 164 Å². The fraction of sp³-hybridized carbons (Fsp3) is 0.882. The molecule has 0 aromatic carbocycles. The third-order valence-electron chi connectivity index (χ3n) is 4.00. The maximum Gasteiger partial charge on any atom is 0.222 e. The molecular formula is C17H36IN5O. The number of guanidine groups is 1. The van der Waals surface area contributed by atoms with Gasteiger partial charge in [-0.05, 0) is 47.5 Å². The number of hydrogen-bond donors (Lipinski definition) is 3. The molecular weight excluding hydrogens is 417 g/mol. The molecule has 0 radical (unpaired) electrons. The van der Waals surface area contributed by atoms with Crippen LogP contribution in [0.25, 0.3) is 0 Å². The third-order valence-corrected chi connectivity index (χ3v) is 4.00. The Bertz CT molecular complexity index is 379. The van der Waals surface area contributed by atoms with Gasteiger partial charge in [0.2, 0.25) is 5.91 Å². The van der Waals surface area contributed by atoms with Gasteiger partial charge in [-0.1, -0.05) is 0 Å². The number of halogens is 1. The van der Waals surface area contributed by atoms with E-state index in [1.165, 1.54) is 0 Å². The third kappa shape index (κ3) is 9.66. The van der Waals surface area contributed by atoms with Crippen molar-refractivity contribution in [3.63, 3.8) is 0 Å². The number of nitrogens with zero attached hydrogens (tertiary/aromatic N) is 2. The van der Waals surface area contributed by atoms with Gasteiger partial charge in [0.1, 0.15) is 0 Å². The molecule has 1 saturated heterocycles. The summed E-state index contributed by atoms with van der Waals surface area (Å²) in [4.78, 5) is 18.7. The van der Waals surface area contributed by atoms with Crippen molar-refractivity contribution >= 4 is 35.8 Å². The van der Waals surface area contributed by atoms with Crippen molar-refractivity contribution in [2.24, 2.45) is 4.99 Å². The molecule has 0 aromatic heterocycles. The van der Waals surface area contributed by atoms with E-state index in [-0.39, 0.29) is 35.9 Å². The highest BCUT2D eigenvalue weighted by molar-refractivity contribution is 14.0. The fourth-order valence-corrected chi connectivity index (χ4v) is 2.74. The van der Waals surface area contributed by atoms with Crippen molar-refractivity contribution in [1.82, 2.24) is 20.9 Å². The summed E-state index contributed by atoms with van der Waals surface area (Å²) in [5.41, 5.74) is 0. The molecule has 0 saturated carbocycles. The highest BCUT2D eigenvalue weighted by Gasteiger charge is 2.21. The second kappa shape index (κ2) is 12.7. The van der Waals surface area contributed by atoms with Crippen LogP contribution in [0.5, 0.6) is 0 Å². The maximum absolute atomic E-state index is 11.7. The first kappa shape index (κ1) is 23.4. The van der Waals surface area contributed by atoms with E-state index >= 15 is 0 Å². The van der Waals surface area contributed by atoms with Gasteiger partial charge in [0.25, 0.3) is 0 Å². The summed E-state index contributed by atoms with van der Waals surface area (Å²) in [5.74, 6) is 0.887. The molecule has 1 heterocycles. The van der Waals surface area contributed by atoms with Crippen LogP contribution in [0.1, 0.15) is 53.9 Å². The Kier molecular flexibility index (Phi) is 12.4. The molecule has 1 aliphatic heterocycles. The minimum absolute atomic E-state index is 0. The van der Waals surface area contributed by atoms with Gasteiger partial charge in [-0.15, -0.1) is 24.0 Å². The topological polar surface area (TPSA) is 68.8 Å². The number of nitrogens with one attached hydrogen (secondary N) is 3. The van der Waals surface area contributed by atoms with Crippen LogP contribution < -0.4 is 16.0 Å². The molecule has 0 bridgehead atoms. The molecule has 1 rings (SSSR count). The van der Waals surface area contributed by atoms with Crippen molar-refractivity contribution in [3.05, 3.63) is 0 Å². The van der Waals surface area contributed by atoms with E-state index in [0.29, 0.717) is 25.0 Å². The van der Waals surface area contributed by atoms with Gasteiger partial charge in [0, 0.05) is 44.2 Å². The molecule has 0 aromatic rings. The van der Waals surface area contributed by atoms with E-state index in [1.54, 1.807) is 0 Å². The molecule has 1 fully saturated rings. The van der Waals surface area contributed by atoms with Gasteiger partial charge in [-0.3, -0.25) is 9.79 Å². The summed E-state index contributed by atoms with van der Waals surface area (Å²) in [6.07, 6.45) is 2.70. The lowest BCUT2D eigenvalue weighted by atomic mass is 10.0. The summed E-state index contributed by atoms with van der Waals surface area (Å²) in [7, 11) is 0. The molecule has 0 unspecified atom stereocenters. The average Bonchev–Trinajstić information content (AvgIpc) is 2.47. The van der Waals surface area contributed by atoms with E-state index < -0.39 is 0 Å². The van der Waals surface area contributed by atoms with E-state index in [9.17, 15) is 4.79 Å². The number of likely N-dealkylation sites (tertiary alicyclic amines) is 1. The molecule has 0 spiro atoms. The quantitative estimate of drug-likeness (QED) is 0.313. The lowest BCUT2D eigenvalue weighted by Crippen LogP contribution is -2.49. The van der Waals surface area contributed by atoms with Crippen LogP contribution >= 0.6 is 24.0 Å². The summed E-state index contributed by atoms with van der Waals surface area (Å²) in [5, 5.41) is 9.67. The largest absolute Gasteiger partial charge is 0.357 e. The standard InChI is InChI=1S/C17H35N5O.HI/c1-6-18-17(19-10-7-16(23)20-13(2)3)21-15-8-11-22(12-9-15)14(4)5;/h13-15H,6-12H2,1-5H3,(H,20,23)(H2,18,19,21);1H. The molecule has 0 atom stereocenters. The van der Waals surface area contributed by atoms with Crippen molar-refractivity contribution in [3.8, 4) is 0 Å². The van der Waals surface area contributed by atoms with Crippen LogP contribution in [0.3, 0.4) is 0 Å². The first-order valence-electron chi connectivity index (χ1n) is 9.00. The minimum Gasteiger partial charge on any atom is -0.357 e. The van der Waals surface area contributed by atoms with Gasteiger partial charge < -0.3 is 20.9 Å². The van der Waals surface area contributed by atoms with Crippen LogP contribution in [0.2, 0.25) is 0 Å². The average molecular weight is 453 g/mol. The van der Waals surface area contributed by atoms with Gasteiger partial charge >= 0.3 is 0 Å². The molecule has 6 nitrogen and oxygen atoms in total. The predicted octanol–water partition coefficient (Wildman–Crippen LogP) is 1.95. The number of aliphatic imine (C=N–C) groups is 1. The lowest BCUT2D eigenvalue weighted by molar-refractivity contribution is -0.121. The number of amides is 1. The first-order chi connectivity index (χ1) is 10.9. The smallest absolute Gasteiger partial charge is 0.222 e. The van der Waals surface area contributed by atoms with Gasteiger partial charge in [-0.2, -0.15) is 0 Å². The van der Waals surface area contributed by atoms with Crippen LogP contribution in [-0.4, -0.2) is 61.1 Å². The number of rotatable bonds is 7. The van der Waals surface area contributed by atoms with Crippen molar-refractivity contribution in [2.45, 2.75) is 72.0 Å². The summed E-state index contributed by atoms with van der Waals surface area (Å²) >= 11 is 0. The Morgan fingerprint density at radius 2 is 1.83 bits per heavy atom. The number of hydrogen-bond acceptors (Lipinski definition) is 3. The highest BCUT2D eigenvalue weighted by Crippen LogP contribution is 2.12. The molecule has 1 aliphatic rings. The zero-order valence-corrected chi connectivity index (χ0v) is 18.2. The molecule has 142 valence electrons. The van der Waals surface area contributed by atoms with E-state index in [1.807, 2.05) is 13.8 Å². The zero-order chi connectivity index (χ0) is 17.2. The predicted molar refractivity (Wildman–Crippen MR) is 112 cm³/mol. The zero-order valence-electron chi connectivity index (χ0n) is 15.9. The van der Waals surface area contributed by atoms with Crippen molar-refractivity contribution in [2.75, 3.05) is 26.2 Å². The highest BCUT2D eigenvalue weighted by atomic mass is 127. The molecule has 24 heavy (non-hydrogen) atoms. The van der Waals surface area contributed by atoms with Crippen molar-refractivity contribution in [1.29, 1.82) is 0 Å². The Morgan fingerprint density at radius 1 is 1.21 bits per heavy atom. The molecule has 3 N–H and O–H groups in total. The Morgan fingerprint density at radius 3 is 2.33 bits per heavy atom. The second-order valence-corrected chi connectivity index (χ2v) is 6.78. The van der Waals surface area contributed by atoms with Gasteiger partial charge in [0.05, 0.1) is 6.54 Å². The van der Waals surface area contributed by atoms with Crippen LogP contribution in [0.15, 0.2) is 4.99 Å². The van der Waals surface area contributed by atoms with Crippen LogP contribution in [-0.2, 0) is 4.79 Å². The minimum atomic E-state index is 0. The first-order valence-corrected chi connectivity index (χ1v) is 9.00.